The summed E-state index contributed by atoms with van der Waals surface area (Å²) in [5.74, 6) is -1.00. The number of rotatable bonds is 5. The zero-order valence-electron chi connectivity index (χ0n) is 16.4. The van der Waals surface area contributed by atoms with Gasteiger partial charge in [-0.1, -0.05) is 12.1 Å². The number of morpholine rings is 1. The van der Waals surface area contributed by atoms with E-state index in [1.54, 1.807) is 4.90 Å². The summed E-state index contributed by atoms with van der Waals surface area (Å²) in [6, 6.07) is 4.74. The minimum absolute atomic E-state index is 0.0632. The number of urea groups is 1. The fourth-order valence-corrected chi connectivity index (χ4v) is 3.62. The second kappa shape index (κ2) is 7.94. The molecular formula is C19H23F2N3O5. The number of amides is 4. The van der Waals surface area contributed by atoms with Crippen LogP contribution in [0.3, 0.4) is 0 Å². The first kappa shape index (κ1) is 21.0. The number of hydrogen-bond acceptors (Lipinski definition) is 5. The van der Waals surface area contributed by atoms with Crippen LogP contribution in [-0.4, -0.2) is 66.1 Å². The van der Waals surface area contributed by atoms with E-state index in [4.69, 9.17) is 4.74 Å². The molecular weight excluding hydrogens is 388 g/mol. The Morgan fingerprint density at radius 3 is 2.38 bits per heavy atom. The zero-order chi connectivity index (χ0) is 21.3. The maximum absolute atomic E-state index is 12.9. The van der Waals surface area contributed by atoms with Gasteiger partial charge in [0.2, 0.25) is 5.91 Å². The molecule has 10 heteroatoms. The van der Waals surface area contributed by atoms with Gasteiger partial charge in [0, 0.05) is 13.1 Å². The van der Waals surface area contributed by atoms with Gasteiger partial charge in [-0.15, -0.1) is 0 Å². The van der Waals surface area contributed by atoms with Crippen molar-refractivity contribution in [3.05, 3.63) is 29.8 Å². The van der Waals surface area contributed by atoms with Crippen LogP contribution < -0.4 is 10.1 Å². The average Bonchev–Trinajstić information content (AvgIpc) is 2.85. The zero-order valence-corrected chi connectivity index (χ0v) is 16.4. The van der Waals surface area contributed by atoms with Crippen LogP contribution in [0.4, 0.5) is 13.6 Å². The number of halogens is 2. The van der Waals surface area contributed by atoms with Crippen molar-refractivity contribution in [3.63, 3.8) is 0 Å². The average molecular weight is 411 g/mol. The monoisotopic (exact) mass is 411 g/mol. The van der Waals surface area contributed by atoms with Gasteiger partial charge in [-0.05, 0) is 38.5 Å². The van der Waals surface area contributed by atoms with Gasteiger partial charge in [0.25, 0.3) is 5.91 Å². The van der Waals surface area contributed by atoms with Crippen molar-refractivity contribution in [3.8, 4) is 5.75 Å². The van der Waals surface area contributed by atoms with Gasteiger partial charge in [0.15, 0.2) is 0 Å². The highest BCUT2D eigenvalue weighted by Gasteiger charge is 2.49. The lowest BCUT2D eigenvalue weighted by molar-refractivity contribution is -0.146. The summed E-state index contributed by atoms with van der Waals surface area (Å²) in [7, 11) is 0. The first-order valence-electron chi connectivity index (χ1n) is 9.23. The molecule has 3 atom stereocenters. The van der Waals surface area contributed by atoms with Crippen LogP contribution in [0.25, 0.3) is 0 Å². The third-order valence-electron chi connectivity index (χ3n) is 5.00. The van der Waals surface area contributed by atoms with Crippen LogP contribution >= 0.6 is 0 Å². The number of alkyl halides is 2. The Balaban J connectivity index is 1.72. The van der Waals surface area contributed by atoms with Gasteiger partial charge < -0.3 is 19.7 Å². The summed E-state index contributed by atoms with van der Waals surface area (Å²) < 4.78 is 34.5. The van der Waals surface area contributed by atoms with E-state index >= 15 is 0 Å². The number of benzene rings is 1. The van der Waals surface area contributed by atoms with Crippen molar-refractivity contribution in [1.29, 1.82) is 0 Å². The molecule has 0 saturated carbocycles. The topological polar surface area (TPSA) is 88.2 Å². The Morgan fingerprint density at radius 2 is 1.83 bits per heavy atom. The summed E-state index contributed by atoms with van der Waals surface area (Å²) in [5.41, 5.74) is -1.02. The van der Waals surface area contributed by atoms with Gasteiger partial charge >= 0.3 is 12.6 Å². The van der Waals surface area contributed by atoms with Crippen molar-refractivity contribution in [2.24, 2.45) is 0 Å². The Morgan fingerprint density at radius 1 is 1.24 bits per heavy atom. The number of ether oxygens (including phenoxy) is 2. The third-order valence-corrected chi connectivity index (χ3v) is 5.00. The van der Waals surface area contributed by atoms with Gasteiger partial charge in [-0.2, -0.15) is 8.78 Å². The normalized spacial score (nSPS) is 27.4. The quantitative estimate of drug-likeness (QED) is 0.745. The highest BCUT2D eigenvalue weighted by atomic mass is 19.3. The maximum Gasteiger partial charge on any atom is 0.387 e. The van der Waals surface area contributed by atoms with E-state index in [1.165, 1.54) is 31.2 Å². The van der Waals surface area contributed by atoms with Crippen LogP contribution in [0.5, 0.6) is 5.75 Å². The standard InChI is InChI=1S/C19H23F2N3O5/c1-11-8-23(9-12(2)28-11)15(25)10-24-16(26)19(3,22-18(24)27)13-4-6-14(7-5-13)29-17(20)21/h4-7,11-12,17H,8-10H2,1-3H3,(H,22,27)/t11-,12-,19-/m1/s1. The van der Waals surface area contributed by atoms with Crippen LogP contribution in [0.2, 0.25) is 0 Å². The summed E-state index contributed by atoms with van der Waals surface area (Å²) >= 11 is 0. The van der Waals surface area contributed by atoms with Gasteiger partial charge in [0.1, 0.15) is 17.8 Å². The molecule has 0 unspecified atom stereocenters. The summed E-state index contributed by atoms with van der Waals surface area (Å²) in [6.07, 6.45) is -0.268. The summed E-state index contributed by atoms with van der Waals surface area (Å²) in [5, 5.41) is 2.59. The number of imide groups is 1. The fraction of sp³-hybridized carbons (Fsp3) is 0.526. The SMILES string of the molecule is C[C@@H]1CN(C(=O)CN2C(=O)N[C@](C)(c3ccc(OC(F)F)cc3)C2=O)C[C@@H](C)O1. The molecule has 2 heterocycles. The minimum Gasteiger partial charge on any atom is -0.435 e. The van der Waals surface area contributed by atoms with E-state index in [0.717, 1.165) is 4.90 Å². The van der Waals surface area contributed by atoms with Gasteiger partial charge in [-0.3, -0.25) is 14.5 Å². The lowest BCUT2D eigenvalue weighted by atomic mass is 9.92. The molecule has 2 aliphatic rings. The molecule has 2 saturated heterocycles. The molecule has 3 rings (SSSR count). The van der Waals surface area contributed by atoms with Crippen LogP contribution in [-0.2, 0) is 19.9 Å². The summed E-state index contributed by atoms with van der Waals surface area (Å²) in [6.45, 7) is 2.62. The van der Waals surface area contributed by atoms with Gasteiger partial charge in [0.05, 0.1) is 12.2 Å². The Labute approximate surface area is 166 Å². The number of hydrogen-bond donors (Lipinski definition) is 1. The molecule has 0 spiro atoms. The van der Waals surface area contributed by atoms with E-state index in [1.807, 2.05) is 13.8 Å². The van der Waals surface area contributed by atoms with E-state index in [9.17, 15) is 23.2 Å². The van der Waals surface area contributed by atoms with E-state index < -0.39 is 24.1 Å². The molecule has 2 aliphatic heterocycles. The van der Waals surface area contributed by atoms with Crippen molar-refractivity contribution in [2.45, 2.75) is 45.1 Å². The van der Waals surface area contributed by atoms with E-state index in [-0.39, 0.29) is 30.4 Å². The number of nitrogens with one attached hydrogen (secondary N) is 1. The Hall–Kier alpha value is -2.75. The molecule has 4 amide bonds. The molecule has 8 nitrogen and oxygen atoms in total. The molecule has 0 aromatic heterocycles. The number of carbonyl (C=O) groups is 3. The smallest absolute Gasteiger partial charge is 0.387 e. The first-order valence-corrected chi connectivity index (χ1v) is 9.23. The molecule has 1 aromatic rings. The predicted octanol–water partition coefficient (Wildman–Crippen LogP) is 1.69. The van der Waals surface area contributed by atoms with E-state index in [2.05, 4.69) is 10.1 Å². The van der Waals surface area contributed by atoms with E-state index in [0.29, 0.717) is 18.7 Å². The van der Waals surface area contributed by atoms with Crippen molar-refractivity contribution in [2.75, 3.05) is 19.6 Å². The second-order valence-corrected chi connectivity index (χ2v) is 7.41. The summed E-state index contributed by atoms with van der Waals surface area (Å²) in [4.78, 5) is 40.4. The van der Waals surface area contributed by atoms with Crippen LogP contribution in [0.15, 0.2) is 24.3 Å². The molecule has 29 heavy (non-hydrogen) atoms. The number of carbonyl (C=O) groups excluding carboxylic acids is 3. The molecule has 0 bridgehead atoms. The third kappa shape index (κ3) is 4.31. The second-order valence-electron chi connectivity index (χ2n) is 7.41. The molecule has 1 aromatic carbocycles. The number of nitrogens with zero attached hydrogens (tertiary/aromatic N) is 2. The fourth-order valence-electron chi connectivity index (χ4n) is 3.62. The predicted molar refractivity (Wildman–Crippen MR) is 97.3 cm³/mol. The first-order chi connectivity index (χ1) is 13.6. The molecule has 2 fully saturated rings. The highest BCUT2D eigenvalue weighted by molar-refractivity contribution is 6.09. The molecule has 0 aliphatic carbocycles. The maximum atomic E-state index is 12.9. The van der Waals surface area contributed by atoms with Gasteiger partial charge in [-0.25, -0.2) is 4.79 Å². The van der Waals surface area contributed by atoms with Crippen molar-refractivity contribution in [1.82, 2.24) is 15.1 Å². The van der Waals surface area contributed by atoms with Crippen LogP contribution in [0.1, 0.15) is 26.3 Å². The Kier molecular flexibility index (Phi) is 5.74. The van der Waals surface area contributed by atoms with Crippen molar-refractivity contribution < 1.29 is 32.6 Å². The Bertz CT molecular complexity index is 794. The largest absolute Gasteiger partial charge is 0.435 e. The molecule has 1 N–H and O–H groups in total. The molecule has 0 radical (unpaired) electrons. The lowest BCUT2D eigenvalue weighted by Gasteiger charge is -2.35. The van der Waals surface area contributed by atoms with Crippen LogP contribution in [0, 0.1) is 0 Å². The minimum atomic E-state index is -2.96. The highest BCUT2D eigenvalue weighted by Crippen LogP contribution is 2.30. The lowest BCUT2D eigenvalue weighted by Crippen LogP contribution is -2.52. The molecule has 158 valence electrons. The van der Waals surface area contributed by atoms with Crippen molar-refractivity contribution >= 4 is 17.8 Å².